The van der Waals surface area contributed by atoms with E-state index in [2.05, 4.69) is 112 Å². The largest absolute Gasteiger partial charge is 0.278 e. The van der Waals surface area contributed by atoms with Crippen molar-refractivity contribution in [2.24, 2.45) is 5.92 Å². The SMILES string of the molecule is Brc1cccc2c1c1c(n2-c2nc(-c3ccccc3)c3ccccc3n2)=CCC2C=CC=CC=12. The number of nitrogens with zero attached hydrogens (tertiary/aromatic N) is 3. The van der Waals surface area contributed by atoms with Crippen molar-refractivity contribution >= 4 is 49.4 Å². The zero-order chi connectivity index (χ0) is 22.6. The molecule has 162 valence electrons. The number of allylic oxidation sites excluding steroid dienone is 4. The summed E-state index contributed by atoms with van der Waals surface area (Å²) in [7, 11) is 0. The Kier molecular flexibility index (Phi) is 4.42. The summed E-state index contributed by atoms with van der Waals surface area (Å²) in [5, 5.41) is 4.72. The molecule has 7 rings (SSSR count). The fraction of sp³-hybridized carbons (Fsp3) is 0.0667. The lowest BCUT2D eigenvalue weighted by atomic mass is 9.87. The van der Waals surface area contributed by atoms with Gasteiger partial charge in [0.2, 0.25) is 5.95 Å². The third kappa shape index (κ3) is 2.88. The van der Waals surface area contributed by atoms with Gasteiger partial charge in [-0.2, -0.15) is 0 Å². The summed E-state index contributed by atoms with van der Waals surface area (Å²) in [4.78, 5) is 10.3. The van der Waals surface area contributed by atoms with E-state index in [-0.39, 0.29) is 0 Å². The Balaban J connectivity index is 1.64. The molecule has 0 saturated heterocycles. The van der Waals surface area contributed by atoms with Crippen LogP contribution in [0.15, 0.2) is 102 Å². The van der Waals surface area contributed by atoms with Gasteiger partial charge in [0, 0.05) is 31.9 Å². The number of benzene rings is 3. The van der Waals surface area contributed by atoms with Crippen molar-refractivity contribution in [3.05, 3.63) is 112 Å². The molecular weight excluding hydrogens is 482 g/mol. The van der Waals surface area contributed by atoms with Gasteiger partial charge in [-0.15, -0.1) is 0 Å². The van der Waals surface area contributed by atoms with E-state index < -0.39 is 0 Å². The number of aromatic nitrogens is 3. The lowest BCUT2D eigenvalue weighted by Crippen LogP contribution is -2.35. The van der Waals surface area contributed by atoms with Crippen LogP contribution in [0.3, 0.4) is 0 Å². The first-order valence-corrected chi connectivity index (χ1v) is 12.3. The van der Waals surface area contributed by atoms with E-state index in [0.29, 0.717) is 11.9 Å². The number of fused-ring (bicyclic) bond motifs is 5. The van der Waals surface area contributed by atoms with Crippen molar-refractivity contribution < 1.29 is 0 Å². The Morgan fingerprint density at radius 3 is 2.62 bits per heavy atom. The molecule has 3 nitrogen and oxygen atoms in total. The minimum absolute atomic E-state index is 0.404. The zero-order valence-electron chi connectivity index (χ0n) is 18.3. The van der Waals surface area contributed by atoms with Crippen LogP contribution in [0, 0.1) is 5.92 Å². The summed E-state index contributed by atoms with van der Waals surface area (Å²) in [5.74, 6) is 1.11. The molecule has 3 aromatic carbocycles. The van der Waals surface area contributed by atoms with E-state index >= 15 is 0 Å². The summed E-state index contributed by atoms with van der Waals surface area (Å²) in [6.07, 6.45) is 12.2. The molecule has 0 radical (unpaired) electrons. The molecule has 0 aliphatic heterocycles. The molecule has 5 aromatic rings. The van der Waals surface area contributed by atoms with E-state index in [1.807, 2.05) is 12.1 Å². The number of halogens is 1. The fourth-order valence-corrected chi connectivity index (χ4v) is 5.85. The third-order valence-corrected chi connectivity index (χ3v) is 7.46. The summed E-state index contributed by atoms with van der Waals surface area (Å²) in [6, 6.07) is 25.0. The predicted octanol–water partition coefficient (Wildman–Crippen LogP) is 6.08. The van der Waals surface area contributed by atoms with E-state index in [1.54, 1.807) is 0 Å². The molecule has 2 heterocycles. The van der Waals surface area contributed by atoms with Crippen LogP contribution >= 0.6 is 15.9 Å². The highest BCUT2D eigenvalue weighted by atomic mass is 79.9. The summed E-state index contributed by atoms with van der Waals surface area (Å²) >= 11 is 3.85. The average Bonchev–Trinajstić information content (AvgIpc) is 3.24. The predicted molar refractivity (Wildman–Crippen MR) is 143 cm³/mol. The van der Waals surface area contributed by atoms with Crippen LogP contribution < -0.4 is 10.6 Å². The molecule has 0 saturated carbocycles. The monoisotopic (exact) mass is 501 g/mol. The van der Waals surface area contributed by atoms with Crippen LogP contribution in [0.4, 0.5) is 0 Å². The van der Waals surface area contributed by atoms with E-state index in [1.165, 1.54) is 21.5 Å². The topological polar surface area (TPSA) is 30.7 Å². The van der Waals surface area contributed by atoms with Gasteiger partial charge in [-0.25, -0.2) is 9.97 Å². The maximum absolute atomic E-state index is 5.18. The van der Waals surface area contributed by atoms with Crippen molar-refractivity contribution in [3.8, 4) is 17.2 Å². The number of rotatable bonds is 2. The first-order valence-electron chi connectivity index (χ1n) is 11.5. The van der Waals surface area contributed by atoms with Crippen molar-refractivity contribution in [2.75, 3.05) is 0 Å². The normalized spacial score (nSPS) is 16.5. The molecule has 34 heavy (non-hydrogen) atoms. The van der Waals surface area contributed by atoms with Crippen molar-refractivity contribution in [3.63, 3.8) is 0 Å². The van der Waals surface area contributed by atoms with E-state index in [0.717, 1.165) is 38.6 Å². The van der Waals surface area contributed by atoms with Crippen LogP contribution in [0.1, 0.15) is 6.42 Å². The first-order chi connectivity index (χ1) is 16.8. The molecule has 1 unspecified atom stereocenters. The third-order valence-electron chi connectivity index (χ3n) is 6.80. The second-order valence-electron chi connectivity index (χ2n) is 8.73. The second kappa shape index (κ2) is 7.64. The molecule has 0 amide bonds. The van der Waals surface area contributed by atoms with Crippen molar-refractivity contribution in [2.45, 2.75) is 6.42 Å². The zero-order valence-corrected chi connectivity index (χ0v) is 19.9. The van der Waals surface area contributed by atoms with Gasteiger partial charge in [-0.3, -0.25) is 4.57 Å². The molecule has 0 spiro atoms. The van der Waals surface area contributed by atoms with Gasteiger partial charge in [0.25, 0.3) is 0 Å². The van der Waals surface area contributed by atoms with Gasteiger partial charge in [0.1, 0.15) is 0 Å². The molecule has 1 atom stereocenters. The Hall–Kier alpha value is -3.76. The molecule has 0 bridgehead atoms. The maximum Gasteiger partial charge on any atom is 0.235 e. The van der Waals surface area contributed by atoms with Crippen molar-refractivity contribution in [1.29, 1.82) is 0 Å². The standard InChI is InChI=1S/C30H20BrN3/c31-23-14-8-16-25-28(23)27-21-12-5-4-9-19(21)17-18-26(27)34(25)30-32-24-15-7-6-13-22(24)29(33-30)20-10-2-1-3-11-20/h1-16,18-19H,17H2. The van der Waals surface area contributed by atoms with Gasteiger partial charge in [-0.1, -0.05) is 101 Å². The van der Waals surface area contributed by atoms with E-state index in [9.17, 15) is 0 Å². The Labute approximate surface area is 205 Å². The highest BCUT2D eigenvalue weighted by Gasteiger charge is 2.23. The average molecular weight is 502 g/mol. The van der Waals surface area contributed by atoms with Crippen LogP contribution in [0.2, 0.25) is 0 Å². The first kappa shape index (κ1) is 19.7. The molecule has 2 aliphatic carbocycles. The van der Waals surface area contributed by atoms with Gasteiger partial charge >= 0.3 is 0 Å². The molecule has 4 heteroatoms. The fourth-order valence-electron chi connectivity index (χ4n) is 5.30. The van der Waals surface area contributed by atoms with Gasteiger partial charge in [0.15, 0.2) is 0 Å². The smallest absolute Gasteiger partial charge is 0.235 e. The van der Waals surface area contributed by atoms with Crippen molar-refractivity contribution in [1.82, 2.24) is 14.5 Å². The van der Waals surface area contributed by atoms with Gasteiger partial charge in [-0.05, 0) is 30.2 Å². The van der Waals surface area contributed by atoms with Crippen LogP contribution in [0.5, 0.6) is 0 Å². The highest BCUT2D eigenvalue weighted by molar-refractivity contribution is 9.10. The number of hydrogen-bond donors (Lipinski definition) is 0. The van der Waals surface area contributed by atoms with Crippen LogP contribution in [0.25, 0.3) is 50.7 Å². The summed E-state index contributed by atoms with van der Waals surface area (Å²) in [5.41, 5.74) is 5.46. The highest BCUT2D eigenvalue weighted by Crippen LogP contribution is 2.31. The minimum Gasteiger partial charge on any atom is -0.278 e. The van der Waals surface area contributed by atoms with Gasteiger partial charge < -0.3 is 0 Å². The molecule has 0 fully saturated rings. The van der Waals surface area contributed by atoms with Crippen LogP contribution in [-0.2, 0) is 0 Å². The Morgan fingerprint density at radius 1 is 0.853 bits per heavy atom. The molecule has 2 aliphatic rings. The van der Waals surface area contributed by atoms with E-state index in [4.69, 9.17) is 9.97 Å². The maximum atomic E-state index is 5.18. The Morgan fingerprint density at radius 2 is 1.71 bits per heavy atom. The molecular formula is C30H20BrN3. The minimum atomic E-state index is 0.404. The molecule has 2 aromatic heterocycles. The lowest BCUT2D eigenvalue weighted by Gasteiger charge is -2.18. The van der Waals surface area contributed by atoms with Gasteiger partial charge in [0.05, 0.1) is 22.1 Å². The second-order valence-corrected chi connectivity index (χ2v) is 9.59. The Bertz CT molecular complexity index is 1790. The quantitative estimate of drug-likeness (QED) is 0.293. The summed E-state index contributed by atoms with van der Waals surface area (Å²) in [6.45, 7) is 0. The van der Waals surface area contributed by atoms with Crippen LogP contribution in [-0.4, -0.2) is 14.5 Å². The number of hydrogen-bond acceptors (Lipinski definition) is 2. The lowest BCUT2D eigenvalue weighted by molar-refractivity contribution is 0.846. The number of para-hydroxylation sites is 1. The summed E-state index contributed by atoms with van der Waals surface area (Å²) < 4.78 is 3.33. The molecule has 0 N–H and O–H groups in total.